The molecule has 0 aliphatic carbocycles. The maximum absolute atomic E-state index is 12.6. The van der Waals surface area contributed by atoms with Crippen molar-refractivity contribution in [2.24, 2.45) is 0 Å². The van der Waals surface area contributed by atoms with Crippen LogP contribution < -0.4 is 5.73 Å². The number of hydrogen-bond acceptors (Lipinski definition) is 6. The number of nitrogen functional groups attached to an aromatic ring is 1. The van der Waals surface area contributed by atoms with Crippen LogP contribution in [-0.4, -0.2) is 65.9 Å². The summed E-state index contributed by atoms with van der Waals surface area (Å²) < 4.78 is 11.0. The Balaban J connectivity index is 1.51. The van der Waals surface area contributed by atoms with Gasteiger partial charge in [0.05, 0.1) is 24.6 Å². The zero-order chi connectivity index (χ0) is 24.3. The molecule has 2 fully saturated rings. The summed E-state index contributed by atoms with van der Waals surface area (Å²) in [5, 5.41) is 0. The molecule has 0 radical (unpaired) electrons. The van der Waals surface area contributed by atoms with Crippen molar-refractivity contribution in [1.82, 2.24) is 14.8 Å². The number of likely N-dealkylation sites (tertiary alicyclic amines) is 1. The van der Waals surface area contributed by atoms with Gasteiger partial charge in [0.2, 0.25) is 0 Å². The third kappa shape index (κ3) is 6.07. The molecule has 4 rings (SSSR count). The number of nitrogens with zero attached hydrogens (tertiary/aromatic N) is 3. The van der Waals surface area contributed by atoms with Crippen LogP contribution in [0.1, 0.15) is 56.4 Å². The second kappa shape index (κ2) is 10.3. The molecule has 184 valence electrons. The number of anilines is 1. The summed E-state index contributed by atoms with van der Waals surface area (Å²) in [6.45, 7) is 13.5. The quantitative estimate of drug-likeness (QED) is 0.710. The number of carbonyl (C=O) groups excluding carboxylic acids is 1. The number of benzene rings is 1. The lowest BCUT2D eigenvalue weighted by atomic mass is 9.92. The molecular weight excluding hydrogens is 428 g/mol. The van der Waals surface area contributed by atoms with E-state index in [4.69, 9.17) is 20.2 Å². The van der Waals surface area contributed by atoms with Crippen molar-refractivity contribution in [2.45, 2.75) is 58.6 Å². The van der Waals surface area contributed by atoms with Crippen molar-refractivity contribution < 1.29 is 14.3 Å². The average Bonchev–Trinajstić information content (AvgIpc) is 2.81. The second-order valence-corrected chi connectivity index (χ2v) is 10.5. The van der Waals surface area contributed by atoms with E-state index in [-0.39, 0.29) is 12.0 Å². The molecule has 7 nitrogen and oxygen atoms in total. The van der Waals surface area contributed by atoms with Crippen LogP contribution in [0.4, 0.5) is 10.5 Å². The van der Waals surface area contributed by atoms with Gasteiger partial charge in [-0.05, 0) is 57.7 Å². The molecular formula is C27H38N4O3. The summed E-state index contributed by atoms with van der Waals surface area (Å²) in [5.74, 6) is 0.167. The fraction of sp³-hybridized carbons (Fsp3) is 0.556. The maximum atomic E-state index is 12.6. The average molecular weight is 467 g/mol. The first-order valence-electron chi connectivity index (χ1n) is 12.3. The highest BCUT2D eigenvalue weighted by Crippen LogP contribution is 2.33. The van der Waals surface area contributed by atoms with Gasteiger partial charge in [-0.25, -0.2) is 4.79 Å². The Kier molecular flexibility index (Phi) is 7.43. The first-order chi connectivity index (χ1) is 16.2. The van der Waals surface area contributed by atoms with Gasteiger partial charge in [-0.15, -0.1) is 0 Å². The Bertz CT molecular complexity index is 994. The van der Waals surface area contributed by atoms with Crippen LogP contribution in [0, 0.1) is 6.92 Å². The van der Waals surface area contributed by atoms with E-state index in [0.29, 0.717) is 12.2 Å². The Morgan fingerprint density at radius 2 is 1.88 bits per heavy atom. The van der Waals surface area contributed by atoms with Crippen LogP contribution in [0.5, 0.6) is 0 Å². The van der Waals surface area contributed by atoms with E-state index in [9.17, 15) is 4.79 Å². The largest absolute Gasteiger partial charge is 0.444 e. The fourth-order valence-electron chi connectivity index (χ4n) is 4.63. The van der Waals surface area contributed by atoms with E-state index in [2.05, 4.69) is 35.2 Å². The first kappa shape index (κ1) is 24.5. The Morgan fingerprint density at radius 3 is 2.56 bits per heavy atom. The van der Waals surface area contributed by atoms with E-state index < -0.39 is 5.60 Å². The third-order valence-corrected chi connectivity index (χ3v) is 6.51. The van der Waals surface area contributed by atoms with Gasteiger partial charge in [0, 0.05) is 49.9 Å². The van der Waals surface area contributed by atoms with Gasteiger partial charge in [0.25, 0.3) is 0 Å². The minimum atomic E-state index is -0.499. The van der Waals surface area contributed by atoms with Gasteiger partial charge in [0.15, 0.2) is 0 Å². The number of carbonyl (C=O) groups is 1. The van der Waals surface area contributed by atoms with Crippen molar-refractivity contribution in [2.75, 3.05) is 45.1 Å². The minimum absolute atomic E-state index is 0.167. The number of hydrogen-bond donors (Lipinski definition) is 1. The Morgan fingerprint density at radius 1 is 1.18 bits per heavy atom. The molecule has 1 atom stereocenters. The number of aryl methyl sites for hydroxylation is 1. The number of ether oxygens (including phenoxy) is 2. The predicted molar refractivity (Wildman–Crippen MR) is 135 cm³/mol. The first-order valence-corrected chi connectivity index (χ1v) is 12.3. The van der Waals surface area contributed by atoms with Crippen LogP contribution >= 0.6 is 0 Å². The number of nitrogens with two attached hydrogens (primary N) is 1. The number of rotatable bonds is 4. The molecule has 0 spiro atoms. The molecule has 2 aliphatic rings. The minimum Gasteiger partial charge on any atom is -0.444 e. The molecule has 1 aromatic carbocycles. The summed E-state index contributed by atoms with van der Waals surface area (Å²) in [6.07, 6.45) is 1.68. The number of amides is 1. The van der Waals surface area contributed by atoms with Gasteiger partial charge in [-0.3, -0.25) is 9.88 Å². The summed E-state index contributed by atoms with van der Waals surface area (Å²) in [6, 6.07) is 10.6. The zero-order valence-electron chi connectivity index (χ0n) is 21.0. The van der Waals surface area contributed by atoms with Gasteiger partial charge < -0.3 is 20.1 Å². The molecule has 1 amide bonds. The standard InChI is InChI=1S/C27H38N4O3/c1-19-16-23(22-6-5-11-31(18-22)26(32)34-27(2,3)4)29-25(24(19)28)21-9-7-20(8-10-21)17-30-12-14-33-15-13-30/h7-10,16,22H,5-6,11-15,17-18,28H2,1-4H3. The number of aromatic nitrogens is 1. The van der Waals surface area contributed by atoms with E-state index >= 15 is 0 Å². The highest BCUT2D eigenvalue weighted by atomic mass is 16.6. The predicted octanol–water partition coefficient (Wildman–Crippen LogP) is 4.59. The van der Waals surface area contributed by atoms with E-state index in [1.54, 1.807) is 0 Å². The smallest absolute Gasteiger partial charge is 0.410 e. The molecule has 0 bridgehead atoms. The molecule has 2 aliphatic heterocycles. The monoisotopic (exact) mass is 466 g/mol. The lowest BCUT2D eigenvalue weighted by molar-refractivity contribution is 0.0197. The second-order valence-electron chi connectivity index (χ2n) is 10.5. The molecule has 7 heteroatoms. The topological polar surface area (TPSA) is 80.9 Å². The van der Waals surface area contributed by atoms with Gasteiger partial charge >= 0.3 is 6.09 Å². The highest BCUT2D eigenvalue weighted by molar-refractivity contribution is 5.75. The SMILES string of the molecule is Cc1cc(C2CCCN(C(=O)OC(C)(C)C)C2)nc(-c2ccc(CN3CCOCC3)cc2)c1N. The summed E-state index contributed by atoms with van der Waals surface area (Å²) in [7, 11) is 0. The lowest BCUT2D eigenvalue weighted by Crippen LogP contribution is -2.42. The molecule has 2 saturated heterocycles. The fourth-order valence-corrected chi connectivity index (χ4v) is 4.63. The molecule has 2 N–H and O–H groups in total. The van der Waals surface area contributed by atoms with Crippen LogP contribution in [0.15, 0.2) is 30.3 Å². The Hall–Kier alpha value is -2.64. The summed E-state index contributed by atoms with van der Waals surface area (Å²) in [5.41, 5.74) is 11.8. The molecule has 34 heavy (non-hydrogen) atoms. The molecule has 0 saturated carbocycles. The van der Waals surface area contributed by atoms with Gasteiger partial charge in [-0.2, -0.15) is 0 Å². The van der Waals surface area contributed by atoms with Crippen molar-refractivity contribution in [3.63, 3.8) is 0 Å². The highest BCUT2D eigenvalue weighted by Gasteiger charge is 2.29. The van der Waals surface area contributed by atoms with E-state index in [0.717, 1.165) is 74.7 Å². The molecule has 1 unspecified atom stereocenters. The number of piperidine rings is 1. The van der Waals surface area contributed by atoms with Crippen molar-refractivity contribution in [3.8, 4) is 11.3 Å². The van der Waals surface area contributed by atoms with Crippen molar-refractivity contribution in [3.05, 3.63) is 47.2 Å². The van der Waals surface area contributed by atoms with E-state index in [1.165, 1.54) is 5.56 Å². The number of morpholine rings is 1. The van der Waals surface area contributed by atoms with E-state index in [1.807, 2.05) is 32.6 Å². The molecule has 3 heterocycles. The summed E-state index contributed by atoms with van der Waals surface area (Å²) >= 11 is 0. The number of pyridine rings is 1. The van der Waals surface area contributed by atoms with Crippen LogP contribution in [0.2, 0.25) is 0 Å². The third-order valence-electron chi connectivity index (χ3n) is 6.51. The summed E-state index contributed by atoms with van der Waals surface area (Å²) in [4.78, 5) is 21.9. The lowest BCUT2D eigenvalue weighted by Gasteiger charge is -2.34. The molecule has 2 aromatic rings. The maximum Gasteiger partial charge on any atom is 0.410 e. The van der Waals surface area contributed by atoms with Gasteiger partial charge in [0.1, 0.15) is 5.60 Å². The van der Waals surface area contributed by atoms with Crippen LogP contribution in [-0.2, 0) is 16.0 Å². The van der Waals surface area contributed by atoms with Crippen molar-refractivity contribution in [1.29, 1.82) is 0 Å². The Labute approximate surface area is 203 Å². The van der Waals surface area contributed by atoms with Crippen molar-refractivity contribution >= 4 is 11.8 Å². The van der Waals surface area contributed by atoms with Crippen LogP contribution in [0.25, 0.3) is 11.3 Å². The normalized spacial score (nSPS) is 19.8. The van der Waals surface area contributed by atoms with Gasteiger partial charge in [-0.1, -0.05) is 24.3 Å². The van der Waals surface area contributed by atoms with Crippen LogP contribution in [0.3, 0.4) is 0 Å². The zero-order valence-corrected chi connectivity index (χ0v) is 21.0. The molecule has 1 aromatic heterocycles.